The zero-order chi connectivity index (χ0) is 16.2. The Kier molecular flexibility index (Phi) is 5.45. The van der Waals surface area contributed by atoms with E-state index in [1.807, 2.05) is 24.4 Å². The molecule has 1 aromatic heterocycles. The maximum atomic E-state index is 11.8. The van der Waals surface area contributed by atoms with Crippen molar-refractivity contribution in [3.05, 3.63) is 51.2 Å². The van der Waals surface area contributed by atoms with Crippen molar-refractivity contribution in [1.82, 2.24) is 5.32 Å². The molecule has 0 aliphatic carbocycles. The van der Waals surface area contributed by atoms with Crippen LogP contribution in [0.3, 0.4) is 0 Å². The Morgan fingerprint density at radius 2 is 2.23 bits per heavy atom. The Hall–Kier alpha value is -1.56. The highest BCUT2D eigenvalue weighted by Crippen LogP contribution is 2.24. The smallest absolute Gasteiger partial charge is 0.258 e. The summed E-state index contributed by atoms with van der Waals surface area (Å²) in [6.07, 6.45) is 0. The Labute approximate surface area is 138 Å². The number of nitrogens with one attached hydrogen (secondary N) is 1. The topological polar surface area (TPSA) is 58.6 Å². The lowest BCUT2D eigenvalue weighted by molar-refractivity contribution is -0.124. The second kappa shape index (κ2) is 7.13. The summed E-state index contributed by atoms with van der Waals surface area (Å²) in [6.45, 7) is 3.56. The number of carbonyl (C=O) groups is 1. The van der Waals surface area contributed by atoms with E-state index < -0.39 is 5.60 Å². The number of aliphatic hydroxyl groups is 1. The van der Waals surface area contributed by atoms with Crippen molar-refractivity contribution < 1.29 is 14.6 Å². The van der Waals surface area contributed by atoms with Gasteiger partial charge in [0.05, 0.1) is 6.54 Å². The molecule has 1 amide bonds. The van der Waals surface area contributed by atoms with Crippen LogP contribution in [0.4, 0.5) is 0 Å². The lowest BCUT2D eigenvalue weighted by Gasteiger charge is -2.22. The Morgan fingerprint density at radius 3 is 2.86 bits per heavy atom. The number of carbonyl (C=O) groups excluding carboxylic acids is 1. The predicted molar refractivity (Wildman–Crippen MR) is 88.6 cm³/mol. The fourth-order valence-electron chi connectivity index (χ4n) is 1.85. The van der Waals surface area contributed by atoms with Gasteiger partial charge in [-0.3, -0.25) is 4.79 Å². The van der Waals surface area contributed by atoms with Gasteiger partial charge in [-0.1, -0.05) is 17.7 Å². The van der Waals surface area contributed by atoms with Crippen LogP contribution in [0.15, 0.2) is 35.7 Å². The molecular weight excluding hydrogens is 322 g/mol. The van der Waals surface area contributed by atoms with Gasteiger partial charge in [-0.2, -0.15) is 0 Å². The van der Waals surface area contributed by atoms with Crippen LogP contribution in [0.2, 0.25) is 5.02 Å². The third kappa shape index (κ3) is 4.47. The van der Waals surface area contributed by atoms with Gasteiger partial charge in [-0.05, 0) is 49.1 Å². The van der Waals surface area contributed by atoms with Crippen molar-refractivity contribution in [2.24, 2.45) is 0 Å². The van der Waals surface area contributed by atoms with E-state index in [2.05, 4.69) is 5.32 Å². The predicted octanol–water partition coefficient (Wildman–Crippen LogP) is 3.11. The summed E-state index contributed by atoms with van der Waals surface area (Å²) >= 11 is 7.38. The van der Waals surface area contributed by atoms with Gasteiger partial charge in [0, 0.05) is 9.90 Å². The average Bonchev–Trinajstić information content (AvgIpc) is 3.01. The molecule has 0 spiro atoms. The molecule has 0 saturated carbocycles. The van der Waals surface area contributed by atoms with Gasteiger partial charge in [0.2, 0.25) is 0 Å². The van der Waals surface area contributed by atoms with Crippen LogP contribution in [0.25, 0.3) is 0 Å². The lowest BCUT2D eigenvalue weighted by atomic mass is 10.1. The van der Waals surface area contributed by atoms with Crippen LogP contribution in [0.5, 0.6) is 5.75 Å². The van der Waals surface area contributed by atoms with E-state index in [1.54, 1.807) is 25.1 Å². The minimum atomic E-state index is -1.08. The van der Waals surface area contributed by atoms with Gasteiger partial charge in [0.15, 0.2) is 6.61 Å². The maximum absolute atomic E-state index is 11.8. The van der Waals surface area contributed by atoms with Crippen LogP contribution in [-0.2, 0) is 10.4 Å². The van der Waals surface area contributed by atoms with Crippen molar-refractivity contribution >= 4 is 28.8 Å². The van der Waals surface area contributed by atoms with E-state index in [-0.39, 0.29) is 19.1 Å². The highest BCUT2D eigenvalue weighted by atomic mass is 35.5. The van der Waals surface area contributed by atoms with Crippen molar-refractivity contribution in [3.63, 3.8) is 0 Å². The van der Waals surface area contributed by atoms with E-state index in [9.17, 15) is 9.90 Å². The Morgan fingerprint density at radius 1 is 1.45 bits per heavy atom. The van der Waals surface area contributed by atoms with Gasteiger partial charge < -0.3 is 15.2 Å². The second-order valence-corrected chi connectivity index (χ2v) is 6.58. The molecule has 0 aliphatic heterocycles. The molecule has 2 rings (SSSR count). The molecule has 0 saturated heterocycles. The Balaban J connectivity index is 1.82. The number of benzene rings is 1. The summed E-state index contributed by atoms with van der Waals surface area (Å²) in [5.74, 6) is 0.298. The standard InChI is InChI=1S/C16H18ClNO3S/c1-11-8-12(5-6-13(11)17)21-9-15(19)18-10-16(2,20)14-4-3-7-22-14/h3-8,20H,9-10H2,1-2H3,(H,18,19). The third-order valence-electron chi connectivity index (χ3n) is 3.18. The molecule has 0 aliphatic rings. The fraction of sp³-hybridized carbons (Fsp3) is 0.312. The summed E-state index contributed by atoms with van der Waals surface area (Å²) in [7, 11) is 0. The summed E-state index contributed by atoms with van der Waals surface area (Å²) in [4.78, 5) is 12.6. The van der Waals surface area contributed by atoms with Crippen LogP contribution in [0, 0.1) is 6.92 Å². The Bertz CT molecular complexity index is 641. The van der Waals surface area contributed by atoms with Gasteiger partial charge in [0.25, 0.3) is 5.91 Å². The van der Waals surface area contributed by atoms with Gasteiger partial charge >= 0.3 is 0 Å². The van der Waals surface area contributed by atoms with Gasteiger partial charge in [-0.15, -0.1) is 11.3 Å². The molecule has 1 heterocycles. The summed E-state index contributed by atoms with van der Waals surface area (Å²) in [5, 5.41) is 15.5. The summed E-state index contributed by atoms with van der Waals surface area (Å²) < 4.78 is 5.41. The zero-order valence-electron chi connectivity index (χ0n) is 12.4. The van der Waals surface area contributed by atoms with E-state index in [4.69, 9.17) is 16.3 Å². The van der Waals surface area contributed by atoms with E-state index >= 15 is 0 Å². The molecule has 22 heavy (non-hydrogen) atoms. The first-order chi connectivity index (χ1) is 10.4. The first kappa shape index (κ1) is 16.8. The molecule has 1 atom stereocenters. The molecule has 0 radical (unpaired) electrons. The second-order valence-electron chi connectivity index (χ2n) is 5.23. The summed E-state index contributed by atoms with van der Waals surface area (Å²) in [5.41, 5.74) is -0.194. The lowest BCUT2D eigenvalue weighted by Crippen LogP contribution is -2.40. The van der Waals surface area contributed by atoms with Crippen LogP contribution in [-0.4, -0.2) is 24.2 Å². The maximum Gasteiger partial charge on any atom is 0.258 e. The van der Waals surface area contributed by atoms with Crippen molar-refractivity contribution in [2.75, 3.05) is 13.2 Å². The quantitative estimate of drug-likeness (QED) is 0.850. The monoisotopic (exact) mass is 339 g/mol. The number of hydrogen-bond acceptors (Lipinski definition) is 4. The van der Waals surface area contributed by atoms with Crippen LogP contribution in [0.1, 0.15) is 17.4 Å². The first-order valence-electron chi connectivity index (χ1n) is 6.80. The number of amides is 1. The molecule has 4 nitrogen and oxygen atoms in total. The van der Waals surface area contributed by atoms with Crippen LogP contribution < -0.4 is 10.1 Å². The highest BCUT2D eigenvalue weighted by Gasteiger charge is 2.24. The number of ether oxygens (including phenoxy) is 1. The molecule has 0 fully saturated rings. The SMILES string of the molecule is Cc1cc(OCC(=O)NCC(C)(O)c2cccs2)ccc1Cl. The van der Waals surface area contributed by atoms with E-state index in [1.165, 1.54) is 11.3 Å². The molecule has 0 bridgehead atoms. The van der Waals surface area contributed by atoms with Crippen molar-refractivity contribution in [1.29, 1.82) is 0 Å². The van der Waals surface area contributed by atoms with Crippen molar-refractivity contribution in [3.8, 4) is 5.75 Å². The fourth-order valence-corrected chi connectivity index (χ4v) is 2.75. The molecule has 6 heteroatoms. The molecular formula is C16H18ClNO3S. The van der Waals surface area contributed by atoms with Crippen LogP contribution >= 0.6 is 22.9 Å². The zero-order valence-corrected chi connectivity index (χ0v) is 14.0. The number of halogens is 1. The number of thiophene rings is 1. The molecule has 118 valence electrons. The minimum absolute atomic E-state index is 0.110. The molecule has 2 aromatic rings. The van der Waals surface area contributed by atoms with Gasteiger partial charge in [0.1, 0.15) is 11.4 Å². The molecule has 2 N–H and O–H groups in total. The third-order valence-corrected chi connectivity index (χ3v) is 4.73. The number of rotatable bonds is 6. The van der Waals surface area contributed by atoms with E-state index in [0.29, 0.717) is 10.8 Å². The minimum Gasteiger partial charge on any atom is -0.484 e. The first-order valence-corrected chi connectivity index (χ1v) is 8.06. The van der Waals surface area contributed by atoms with Gasteiger partial charge in [-0.25, -0.2) is 0 Å². The molecule has 1 aromatic carbocycles. The normalized spacial score (nSPS) is 13.5. The largest absolute Gasteiger partial charge is 0.484 e. The number of aryl methyl sites for hydroxylation is 1. The summed E-state index contributed by atoms with van der Waals surface area (Å²) in [6, 6.07) is 8.92. The molecule has 1 unspecified atom stereocenters. The van der Waals surface area contributed by atoms with Crippen molar-refractivity contribution in [2.45, 2.75) is 19.4 Å². The average molecular weight is 340 g/mol. The highest BCUT2D eigenvalue weighted by molar-refractivity contribution is 7.10. The van der Waals surface area contributed by atoms with E-state index in [0.717, 1.165) is 10.4 Å². The number of hydrogen-bond donors (Lipinski definition) is 2.